The molecule has 3 nitrogen and oxygen atoms in total. The van der Waals surface area contributed by atoms with Gasteiger partial charge in [-0.3, -0.25) is 0 Å². The fourth-order valence-electron chi connectivity index (χ4n) is 5.77. The Balaban J connectivity index is 1.62. The first-order valence-corrected chi connectivity index (χ1v) is 14.4. The number of aliphatic hydroxyl groups is 2. The van der Waals surface area contributed by atoms with Gasteiger partial charge in [-0.15, -0.1) is 11.3 Å². The Morgan fingerprint density at radius 3 is 2.32 bits per heavy atom. The number of benzene rings is 1. The molecule has 1 aromatic carbocycles. The van der Waals surface area contributed by atoms with Gasteiger partial charge in [0.05, 0.1) is 10.7 Å². The van der Waals surface area contributed by atoms with Crippen LogP contribution < -0.4 is 0 Å². The largest absolute Gasteiger partial charge is 0.396 e. The number of hydrogen-bond donors (Lipinski definition) is 2. The van der Waals surface area contributed by atoms with Crippen molar-refractivity contribution in [2.75, 3.05) is 13.2 Å². The molecule has 2 unspecified atom stereocenters. The smallest absolute Gasteiger partial charge is 0.0932 e. The SMILES string of the molecule is CCCC(CCCc1nc(-c2ccc3c(c2)C(C)(C)CCC3(C)C)cs1)CC(CO)CCCO. The molecule has 34 heavy (non-hydrogen) atoms. The Labute approximate surface area is 212 Å². The van der Waals surface area contributed by atoms with Crippen molar-refractivity contribution in [2.45, 2.75) is 110 Å². The first kappa shape index (κ1) is 27.4. The molecule has 0 saturated carbocycles. The molecule has 0 bridgehead atoms. The number of rotatable bonds is 13. The Morgan fingerprint density at radius 1 is 0.941 bits per heavy atom. The summed E-state index contributed by atoms with van der Waals surface area (Å²) >= 11 is 1.80. The molecule has 0 saturated heterocycles. The molecule has 0 radical (unpaired) electrons. The summed E-state index contributed by atoms with van der Waals surface area (Å²) in [7, 11) is 0. The van der Waals surface area contributed by atoms with Gasteiger partial charge < -0.3 is 10.2 Å². The van der Waals surface area contributed by atoms with E-state index in [2.05, 4.69) is 58.2 Å². The molecule has 0 aliphatic heterocycles. The van der Waals surface area contributed by atoms with Crippen molar-refractivity contribution >= 4 is 11.3 Å². The molecule has 1 aromatic heterocycles. The van der Waals surface area contributed by atoms with Crippen molar-refractivity contribution in [1.29, 1.82) is 0 Å². The van der Waals surface area contributed by atoms with Crippen molar-refractivity contribution in [2.24, 2.45) is 11.8 Å². The minimum absolute atomic E-state index is 0.220. The van der Waals surface area contributed by atoms with Gasteiger partial charge in [-0.1, -0.05) is 66.0 Å². The number of aromatic nitrogens is 1. The topological polar surface area (TPSA) is 53.4 Å². The molecular weight excluding hydrogens is 438 g/mol. The summed E-state index contributed by atoms with van der Waals surface area (Å²) in [5, 5.41) is 22.3. The number of thiazole rings is 1. The lowest BCUT2D eigenvalue weighted by Gasteiger charge is -2.42. The van der Waals surface area contributed by atoms with E-state index in [-0.39, 0.29) is 24.0 Å². The fourth-order valence-corrected chi connectivity index (χ4v) is 6.62. The molecular formula is C30H47NO2S. The molecule has 1 aliphatic rings. The van der Waals surface area contributed by atoms with Gasteiger partial charge >= 0.3 is 0 Å². The van der Waals surface area contributed by atoms with Crippen LogP contribution in [0.25, 0.3) is 11.3 Å². The first-order valence-electron chi connectivity index (χ1n) is 13.5. The summed E-state index contributed by atoms with van der Waals surface area (Å²) in [5.41, 5.74) is 5.85. The molecule has 3 rings (SSSR count). The van der Waals surface area contributed by atoms with Crippen LogP contribution in [-0.2, 0) is 17.3 Å². The highest BCUT2D eigenvalue weighted by Gasteiger charge is 2.37. The van der Waals surface area contributed by atoms with Crippen LogP contribution in [0, 0.1) is 11.8 Å². The minimum atomic E-state index is 0.220. The molecule has 2 aromatic rings. The van der Waals surface area contributed by atoms with Crippen LogP contribution >= 0.6 is 11.3 Å². The second-order valence-corrected chi connectivity index (χ2v) is 12.8. The highest BCUT2D eigenvalue weighted by Crippen LogP contribution is 2.46. The maximum Gasteiger partial charge on any atom is 0.0932 e. The van der Waals surface area contributed by atoms with E-state index in [4.69, 9.17) is 10.1 Å². The summed E-state index contributed by atoms with van der Waals surface area (Å²) in [6.45, 7) is 12.2. The number of aryl methyl sites for hydroxylation is 1. The predicted molar refractivity (Wildman–Crippen MR) is 146 cm³/mol. The van der Waals surface area contributed by atoms with Crippen LogP contribution in [0.2, 0.25) is 0 Å². The summed E-state index contributed by atoms with van der Waals surface area (Å²) in [5.74, 6) is 0.986. The Morgan fingerprint density at radius 2 is 1.65 bits per heavy atom. The van der Waals surface area contributed by atoms with E-state index in [1.165, 1.54) is 53.8 Å². The monoisotopic (exact) mass is 485 g/mol. The average molecular weight is 486 g/mol. The molecule has 2 atom stereocenters. The van der Waals surface area contributed by atoms with E-state index in [0.717, 1.165) is 37.8 Å². The normalized spacial score (nSPS) is 18.4. The lowest BCUT2D eigenvalue weighted by atomic mass is 9.63. The standard InChI is InChI=1S/C30H47NO2S/c1-6-9-22(18-23(20-33)11-8-17-32)10-7-12-28-31-27(21-34-28)24-13-14-25-26(19-24)30(4,5)16-15-29(25,2)3/h13-14,19,21-23,32-33H,6-12,15-18,20H2,1-5H3. The quantitative estimate of drug-likeness (QED) is 0.306. The molecule has 1 heterocycles. The average Bonchev–Trinajstić information content (AvgIpc) is 3.28. The van der Waals surface area contributed by atoms with Gasteiger partial charge in [0.1, 0.15) is 0 Å². The highest BCUT2D eigenvalue weighted by molar-refractivity contribution is 7.09. The van der Waals surface area contributed by atoms with Crippen LogP contribution in [0.4, 0.5) is 0 Å². The summed E-state index contributed by atoms with van der Waals surface area (Å²) in [6, 6.07) is 7.04. The van der Waals surface area contributed by atoms with E-state index in [0.29, 0.717) is 11.8 Å². The van der Waals surface area contributed by atoms with Gasteiger partial charge in [0, 0.05) is 24.2 Å². The predicted octanol–water partition coefficient (Wildman–Crippen LogP) is 7.67. The van der Waals surface area contributed by atoms with Gasteiger partial charge in [-0.2, -0.15) is 0 Å². The molecule has 2 N–H and O–H groups in total. The zero-order chi connectivity index (χ0) is 24.8. The number of aliphatic hydroxyl groups excluding tert-OH is 2. The number of hydrogen-bond acceptors (Lipinski definition) is 4. The summed E-state index contributed by atoms with van der Waals surface area (Å²) < 4.78 is 0. The van der Waals surface area contributed by atoms with Gasteiger partial charge in [-0.25, -0.2) is 4.98 Å². The summed E-state index contributed by atoms with van der Waals surface area (Å²) in [6.07, 6.45) is 11.1. The van der Waals surface area contributed by atoms with Crippen molar-refractivity contribution in [1.82, 2.24) is 4.98 Å². The van der Waals surface area contributed by atoms with Gasteiger partial charge in [0.2, 0.25) is 0 Å². The van der Waals surface area contributed by atoms with E-state index >= 15 is 0 Å². The van der Waals surface area contributed by atoms with Crippen LogP contribution in [-0.4, -0.2) is 28.4 Å². The van der Waals surface area contributed by atoms with Crippen molar-refractivity contribution < 1.29 is 10.2 Å². The lowest BCUT2D eigenvalue weighted by Crippen LogP contribution is -2.33. The van der Waals surface area contributed by atoms with E-state index in [9.17, 15) is 5.11 Å². The highest BCUT2D eigenvalue weighted by atomic mass is 32.1. The van der Waals surface area contributed by atoms with Crippen LogP contribution in [0.5, 0.6) is 0 Å². The second kappa shape index (κ2) is 12.1. The van der Waals surface area contributed by atoms with Crippen molar-refractivity contribution in [3.05, 3.63) is 39.7 Å². The van der Waals surface area contributed by atoms with Crippen LogP contribution in [0.1, 0.15) is 109 Å². The zero-order valence-corrected chi connectivity index (χ0v) is 23.0. The maximum absolute atomic E-state index is 9.73. The third kappa shape index (κ3) is 6.92. The minimum Gasteiger partial charge on any atom is -0.396 e. The molecule has 4 heteroatoms. The van der Waals surface area contributed by atoms with Gasteiger partial charge in [-0.05, 0) is 84.8 Å². The van der Waals surface area contributed by atoms with E-state index < -0.39 is 0 Å². The van der Waals surface area contributed by atoms with Crippen molar-refractivity contribution in [3.8, 4) is 11.3 Å². The molecule has 0 spiro atoms. The fraction of sp³-hybridized carbons (Fsp3) is 0.700. The number of fused-ring (bicyclic) bond motifs is 1. The van der Waals surface area contributed by atoms with E-state index in [1.54, 1.807) is 11.3 Å². The summed E-state index contributed by atoms with van der Waals surface area (Å²) in [4.78, 5) is 5.02. The maximum atomic E-state index is 9.73. The lowest BCUT2D eigenvalue weighted by molar-refractivity contribution is 0.172. The third-order valence-electron chi connectivity index (χ3n) is 8.10. The molecule has 1 aliphatic carbocycles. The first-order chi connectivity index (χ1) is 16.2. The number of nitrogens with zero attached hydrogens (tertiary/aromatic N) is 1. The van der Waals surface area contributed by atoms with Crippen molar-refractivity contribution in [3.63, 3.8) is 0 Å². The zero-order valence-electron chi connectivity index (χ0n) is 22.2. The molecule has 0 amide bonds. The van der Waals surface area contributed by atoms with Gasteiger partial charge in [0.25, 0.3) is 0 Å². The third-order valence-corrected chi connectivity index (χ3v) is 9.00. The van der Waals surface area contributed by atoms with Gasteiger partial charge in [0.15, 0.2) is 0 Å². The van der Waals surface area contributed by atoms with Crippen LogP contribution in [0.15, 0.2) is 23.6 Å². The van der Waals surface area contributed by atoms with Crippen LogP contribution in [0.3, 0.4) is 0 Å². The molecule has 0 fully saturated rings. The second-order valence-electron chi connectivity index (χ2n) is 11.9. The van der Waals surface area contributed by atoms with E-state index in [1.807, 2.05) is 0 Å². The Bertz CT molecular complexity index is 901. The Hall–Kier alpha value is -1.23. The Kier molecular flexibility index (Phi) is 9.77. The molecule has 190 valence electrons.